The van der Waals surface area contributed by atoms with Crippen LogP contribution in [-0.4, -0.2) is 25.9 Å². The van der Waals surface area contributed by atoms with Gasteiger partial charge in [-0.1, -0.05) is 47.6 Å². The van der Waals surface area contributed by atoms with Crippen molar-refractivity contribution in [2.45, 2.75) is 44.6 Å². The summed E-state index contributed by atoms with van der Waals surface area (Å²) in [6.45, 7) is 8.32. The Hall–Kier alpha value is -2.51. The number of aromatic nitrogens is 3. The monoisotopic (exact) mass is 443 g/mol. The molecule has 3 rings (SSSR count). The third kappa shape index (κ3) is 5.15. The molecule has 158 valence electrons. The van der Waals surface area contributed by atoms with Crippen molar-refractivity contribution in [1.29, 1.82) is 0 Å². The zero-order valence-corrected chi connectivity index (χ0v) is 19.4. The van der Waals surface area contributed by atoms with Crippen LogP contribution in [0.3, 0.4) is 0 Å². The van der Waals surface area contributed by atoms with Crippen LogP contribution in [-0.2, 0) is 18.4 Å². The predicted molar refractivity (Wildman–Crippen MR) is 124 cm³/mol. The number of para-hydroxylation sites is 1. The fourth-order valence-corrected chi connectivity index (χ4v) is 3.95. The highest BCUT2D eigenvalue weighted by atomic mass is 35.5. The molecule has 3 aromatic rings. The number of carbonyl (C=O) groups is 1. The van der Waals surface area contributed by atoms with E-state index in [1.54, 1.807) is 0 Å². The number of hydrogen-bond donors (Lipinski definition) is 2. The summed E-state index contributed by atoms with van der Waals surface area (Å²) in [7, 11) is 1.90. The number of hydrogen-bond acceptors (Lipinski definition) is 5. The van der Waals surface area contributed by atoms with Gasteiger partial charge in [-0.15, -0.1) is 10.2 Å². The summed E-state index contributed by atoms with van der Waals surface area (Å²) in [4.78, 5) is 12.7. The Balaban J connectivity index is 1.62. The standard InChI is InChI=1S/C22H26ClN5OS/c1-13-9-10-17(11-18(13)23)24-12-19-26-27-22(28(19)5)30-16(4)21(29)25-20-14(2)7-6-8-15(20)3/h6-11,16,24H,12H2,1-5H3,(H,25,29)/t16-/m0/s1. The first-order chi connectivity index (χ1) is 14.3. The molecule has 30 heavy (non-hydrogen) atoms. The van der Waals surface area contributed by atoms with Crippen LogP contribution in [0.15, 0.2) is 41.6 Å². The van der Waals surface area contributed by atoms with E-state index in [-0.39, 0.29) is 11.2 Å². The van der Waals surface area contributed by atoms with Crippen molar-refractivity contribution < 1.29 is 4.79 Å². The molecule has 0 aliphatic rings. The summed E-state index contributed by atoms with van der Waals surface area (Å²) in [6.07, 6.45) is 0. The highest BCUT2D eigenvalue weighted by molar-refractivity contribution is 8.00. The molecule has 0 saturated heterocycles. The SMILES string of the molecule is Cc1ccc(NCc2nnc(S[C@@H](C)C(=O)Nc3c(C)cccc3C)n2C)cc1Cl. The van der Waals surface area contributed by atoms with E-state index < -0.39 is 0 Å². The molecule has 0 aliphatic carbocycles. The van der Waals surface area contributed by atoms with Crippen molar-refractivity contribution >= 4 is 40.6 Å². The highest BCUT2D eigenvalue weighted by Gasteiger charge is 2.20. The highest BCUT2D eigenvalue weighted by Crippen LogP contribution is 2.25. The van der Waals surface area contributed by atoms with Crippen molar-refractivity contribution in [2.75, 3.05) is 10.6 Å². The molecule has 0 fully saturated rings. The van der Waals surface area contributed by atoms with Crippen LogP contribution >= 0.6 is 23.4 Å². The third-order valence-corrected chi connectivity index (χ3v) is 6.47. The molecule has 2 N–H and O–H groups in total. The van der Waals surface area contributed by atoms with Gasteiger partial charge in [-0.2, -0.15) is 0 Å². The van der Waals surface area contributed by atoms with Gasteiger partial charge in [0, 0.05) is 23.4 Å². The van der Waals surface area contributed by atoms with Crippen LogP contribution in [0.5, 0.6) is 0 Å². The molecule has 0 radical (unpaired) electrons. The first-order valence-corrected chi connectivity index (χ1v) is 10.9. The van der Waals surface area contributed by atoms with E-state index >= 15 is 0 Å². The van der Waals surface area contributed by atoms with Gasteiger partial charge in [0.15, 0.2) is 11.0 Å². The zero-order chi connectivity index (χ0) is 21.8. The average molecular weight is 444 g/mol. The maximum absolute atomic E-state index is 12.7. The van der Waals surface area contributed by atoms with Crippen molar-refractivity contribution in [3.8, 4) is 0 Å². The van der Waals surface area contributed by atoms with Crippen molar-refractivity contribution in [1.82, 2.24) is 14.8 Å². The summed E-state index contributed by atoms with van der Waals surface area (Å²) in [6, 6.07) is 11.8. The van der Waals surface area contributed by atoms with Gasteiger partial charge in [0.1, 0.15) is 0 Å². The van der Waals surface area contributed by atoms with Crippen LogP contribution in [0.1, 0.15) is 29.4 Å². The summed E-state index contributed by atoms with van der Waals surface area (Å²) in [5.74, 6) is 0.714. The van der Waals surface area contributed by atoms with Crippen LogP contribution in [0.25, 0.3) is 0 Å². The molecule has 0 aliphatic heterocycles. The van der Waals surface area contributed by atoms with Crippen LogP contribution in [0.2, 0.25) is 5.02 Å². The number of nitrogens with one attached hydrogen (secondary N) is 2. The smallest absolute Gasteiger partial charge is 0.237 e. The summed E-state index contributed by atoms with van der Waals surface area (Å²) in [5, 5.41) is 16.0. The Labute approximate surface area is 186 Å². The van der Waals surface area contributed by atoms with E-state index in [0.717, 1.165) is 38.9 Å². The Morgan fingerprint density at radius 2 is 1.83 bits per heavy atom. The van der Waals surface area contributed by atoms with Gasteiger partial charge in [-0.3, -0.25) is 4.79 Å². The Bertz CT molecular complexity index is 1050. The minimum absolute atomic E-state index is 0.0608. The Kier molecular flexibility index (Phi) is 7.05. The van der Waals surface area contributed by atoms with E-state index in [4.69, 9.17) is 11.6 Å². The molecule has 8 heteroatoms. The fourth-order valence-electron chi connectivity index (χ4n) is 2.93. The van der Waals surface area contributed by atoms with E-state index in [9.17, 15) is 4.79 Å². The first-order valence-electron chi connectivity index (χ1n) is 9.68. The van der Waals surface area contributed by atoms with Crippen molar-refractivity contribution in [3.05, 3.63) is 63.9 Å². The molecule has 0 spiro atoms. The van der Waals surface area contributed by atoms with Crippen LogP contribution in [0, 0.1) is 20.8 Å². The maximum Gasteiger partial charge on any atom is 0.237 e. The number of anilines is 2. The third-order valence-electron chi connectivity index (χ3n) is 4.93. The Morgan fingerprint density at radius 3 is 2.50 bits per heavy atom. The van der Waals surface area contributed by atoms with Crippen LogP contribution < -0.4 is 10.6 Å². The van der Waals surface area contributed by atoms with E-state index in [2.05, 4.69) is 20.8 Å². The number of carbonyl (C=O) groups excluding carboxylic acids is 1. The van der Waals surface area contributed by atoms with E-state index in [0.29, 0.717) is 11.7 Å². The fraction of sp³-hybridized carbons (Fsp3) is 0.318. The molecule has 1 aromatic heterocycles. The molecule has 0 bridgehead atoms. The lowest BCUT2D eigenvalue weighted by Crippen LogP contribution is -2.23. The van der Waals surface area contributed by atoms with Gasteiger partial charge < -0.3 is 15.2 Å². The largest absolute Gasteiger partial charge is 0.378 e. The molecule has 6 nitrogen and oxygen atoms in total. The number of amides is 1. The second kappa shape index (κ2) is 9.53. The lowest BCUT2D eigenvalue weighted by Gasteiger charge is -2.15. The van der Waals surface area contributed by atoms with Gasteiger partial charge in [-0.25, -0.2) is 0 Å². The van der Waals surface area contributed by atoms with Crippen molar-refractivity contribution in [3.63, 3.8) is 0 Å². The average Bonchev–Trinajstić information content (AvgIpc) is 3.05. The van der Waals surface area contributed by atoms with Gasteiger partial charge in [0.2, 0.25) is 5.91 Å². The number of benzene rings is 2. The molecular formula is C22H26ClN5OS. The van der Waals surface area contributed by atoms with Gasteiger partial charge in [0.05, 0.1) is 11.8 Å². The Morgan fingerprint density at radius 1 is 1.13 bits per heavy atom. The topological polar surface area (TPSA) is 71.8 Å². The lowest BCUT2D eigenvalue weighted by molar-refractivity contribution is -0.115. The van der Waals surface area contributed by atoms with Crippen molar-refractivity contribution in [2.24, 2.45) is 7.05 Å². The minimum Gasteiger partial charge on any atom is -0.378 e. The number of rotatable bonds is 7. The van der Waals surface area contributed by atoms with Gasteiger partial charge >= 0.3 is 0 Å². The zero-order valence-electron chi connectivity index (χ0n) is 17.8. The maximum atomic E-state index is 12.7. The number of aryl methyl sites for hydroxylation is 3. The lowest BCUT2D eigenvalue weighted by atomic mass is 10.1. The second-order valence-corrected chi connectivity index (χ2v) is 9.01. The molecule has 0 saturated carbocycles. The number of nitrogens with zero attached hydrogens (tertiary/aromatic N) is 3. The summed E-state index contributed by atoms with van der Waals surface area (Å²) < 4.78 is 1.90. The van der Waals surface area contributed by atoms with E-state index in [1.165, 1.54) is 11.8 Å². The molecule has 0 unspecified atom stereocenters. The normalized spacial score (nSPS) is 11.9. The van der Waals surface area contributed by atoms with Gasteiger partial charge in [0.25, 0.3) is 0 Å². The molecule has 1 atom stereocenters. The quantitative estimate of drug-likeness (QED) is 0.495. The molecule has 1 amide bonds. The van der Waals surface area contributed by atoms with E-state index in [1.807, 2.05) is 75.7 Å². The number of thioether (sulfide) groups is 1. The number of halogens is 1. The van der Waals surface area contributed by atoms with Gasteiger partial charge in [-0.05, 0) is 56.5 Å². The second-order valence-electron chi connectivity index (χ2n) is 7.29. The summed E-state index contributed by atoms with van der Waals surface area (Å²) in [5.41, 5.74) is 4.92. The molecular weight excluding hydrogens is 418 g/mol. The van der Waals surface area contributed by atoms with Crippen LogP contribution in [0.4, 0.5) is 11.4 Å². The predicted octanol–water partition coefficient (Wildman–Crippen LogP) is 5.13. The molecule has 2 aromatic carbocycles. The molecule has 1 heterocycles. The first kappa shape index (κ1) is 22.2. The minimum atomic E-state index is -0.316. The summed E-state index contributed by atoms with van der Waals surface area (Å²) >= 11 is 7.57.